The highest BCUT2D eigenvalue weighted by atomic mass is 32.1. The number of rotatable bonds is 5. The third-order valence-electron chi connectivity index (χ3n) is 5.59. The molecule has 1 heterocycles. The lowest BCUT2D eigenvalue weighted by Gasteiger charge is -2.35. The SMILES string of the molecule is C[C@@H]1[C@@H](C)CCC[C@H]1NC(=S)NNC(=O)/C=C/c1cnn(Cc2ccccc2)c1. The van der Waals surface area contributed by atoms with Crippen molar-refractivity contribution in [3.8, 4) is 0 Å². The maximum atomic E-state index is 12.1. The summed E-state index contributed by atoms with van der Waals surface area (Å²) < 4.78 is 1.84. The Kier molecular flexibility index (Phi) is 7.41. The topological polar surface area (TPSA) is 71.0 Å². The zero-order valence-electron chi connectivity index (χ0n) is 17.0. The third kappa shape index (κ3) is 6.42. The van der Waals surface area contributed by atoms with Crippen LogP contribution in [0.25, 0.3) is 6.08 Å². The molecule has 2 aromatic rings. The largest absolute Gasteiger partial charge is 0.358 e. The van der Waals surface area contributed by atoms with Crippen molar-refractivity contribution >= 4 is 29.3 Å². The van der Waals surface area contributed by atoms with Gasteiger partial charge in [0, 0.05) is 23.9 Å². The van der Waals surface area contributed by atoms with Crippen molar-refractivity contribution in [1.29, 1.82) is 0 Å². The lowest BCUT2D eigenvalue weighted by Crippen LogP contribution is -2.52. The smallest absolute Gasteiger partial charge is 0.262 e. The van der Waals surface area contributed by atoms with E-state index < -0.39 is 0 Å². The number of amides is 1. The van der Waals surface area contributed by atoms with Gasteiger partial charge in [-0.3, -0.25) is 20.3 Å². The number of carbonyl (C=O) groups excluding carboxylic acids is 1. The Labute approximate surface area is 177 Å². The molecule has 1 aliphatic rings. The van der Waals surface area contributed by atoms with Gasteiger partial charge in [-0.1, -0.05) is 57.0 Å². The zero-order valence-corrected chi connectivity index (χ0v) is 17.8. The van der Waals surface area contributed by atoms with Crippen LogP contribution in [0.1, 0.15) is 44.2 Å². The van der Waals surface area contributed by atoms with Gasteiger partial charge in [0.25, 0.3) is 5.91 Å². The summed E-state index contributed by atoms with van der Waals surface area (Å²) in [7, 11) is 0. The molecule has 154 valence electrons. The minimum Gasteiger partial charge on any atom is -0.358 e. The van der Waals surface area contributed by atoms with Crippen LogP contribution in [0.3, 0.4) is 0 Å². The number of benzene rings is 1. The fraction of sp³-hybridized carbons (Fsp3) is 0.409. The van der Waals surface area contributed by atoms with E-state index in [2.05, 4.69) is 47.2 Å². The molecule has 0 unspecified atom stereocenters. The molecule has 3 N–H and O–H groups in total. The summed E-state index contributed by atoms with van der Waals surface area (Å²) in [5.41, 5.74) is 7.44. The second-order valence-electron chi connectivity index (χ2n) is 7.75. The lowest BCUT2D eigenvalue weighted by atomic mass is 9.78. The fourth-order valence-corrected chi connectivity index (χ4v) is 3.85. The van der Waals surface area contributed by atoms with Gasteiger partial charge in [-0.15, -0.1) is 0 Å². The number of hydrazine groups is 1. The van der Waals surface area contributed by atoms with Crippen molar-refractivity contribution in [2.45, 2.75) is 45.7 Å². The van der Waals surface area contributed by atoms with Crippen molar-refractivity contribution in [1.82, 2.24) is 25.9 Å². The average Bonchev–Trinajstić information content (AvgIpc) is 3.16. The maximum absolute atomic E-state index is 12.1. The first-order chi connectivity index (χ1) is 14.0. The summed E-state index contributed by atoms with van der Waals surface area (Å²) in [5, 5.41) is 8.10. The molecule has 1 aliphatic carbocycles. The van der Waals surface area contributed by atoms with E-state index in [1.54, 1.807) is 12.3 Å². The molecule has 6 nitrogen and oxygen atoms in total. The van der Waals surface area contributed by atoms with Gasteiger partial charge in [-0.25, -0.2) is 0 Å². The standard InChI is InChI=1S/C22H29N5OS/c1-16-7-6-10-20(17(16)2)24-22(29)26-25-21(28)12-11-19-13-23-27(15-19)14-18-8-4-3-5-9-18/h3-5,8-9,11-13,15-17,20H,6-7,10,14H2,1-2H3,(H,25,28)(H2,24,26,29)/b12-11+/t16-,17+,20+/m0/s1. The van der Waals surface area contributed by atoms with Crippen LogP contribution < -0.4 is 16.2 Å². The maximum Gasteiger partial charge on any atom is 0.262 e. The molecular weight excluding hydrogens is 382 g/mol. The second-order valence-corrected chi connectivity index (χ2v) is 8.16. The highest BCUT2D eigenvalue weighted by Crippen LogP contribution is 2.29. The molecule has 1 saturated carbocycles. The Bertz CT molecular complexity index is 848. The quantitative estimate of drug-likeness (QED) is 0.400. The highest BCUT2D eigenvalue weighted by Gasteiger charge is 2.27. The molecular formula is C22H29N5OS. The summed E-state index contributed by atoms with van der Waals surface area (Å²) in [4.78, 5) is 12.1. The van der Waals surface area contributed by atoms with E-state index in [0.717, 1.165) is 12.0 Å². The molecule has 1 aromatic heterocycles. The predicted molar refractivity (Wildman–Crippen MR) is 120 cm³/mol. The molecule has 0 radical (unpaired) electrons. The van der Waals surface area contributed by atoms with Crippen molar-refractivity contribution in [2.24, 2.45) is 11.8 Å². The predicted octanol–water partition coefficient (Wildman–Crippen LogP) is 3.26. The molecule has 3 atom stereocenters. The van der Waals surface area contributed by atoms with Gasteiger partial charge in [0.2, 0.25) is 0 Å². The van der Waals surface area contributed by atoms with Gasteiger partial charge >= 0.3 is 0 Å². The number of hydrogen-bond donors (Lipinski definition) is 3. The van der Waals surface area contributed by atoms with Gasteiger partial charge in [0.1, 0.15) is 0 Å². The van der Waals surface area contributed by atoms with Crippen molar-refractivity contribution < 1.29 is 4.79 Å². The van der Waals surface area contributed by atoms with E-state index >= 15 is 0 Å². The Morgan fingerprint density at radius 3 is 2.83 bits per heavy atom. The minimum atomic E-state index is -0.268. The van der Waals surface area contributed by atoms with E-state index in [1.165, 1.54) is 24.5 Å². The van der Waals surface area contributed by atoms with Crippen LogP contribution in [0.4, 0.5) is 0 Å². The van der Waals surface area contributed by atoms with Crippen molar-refractivity contribution in [2.75, 3.05) is 0 Å². The van der Waals surface area contributed by atoms with E-state index in [1.807, 2.05) is 29.1 Å². The molecule has 0 spiro atoms. The van der Waals surface area contributed by atoms with Crippen LogP contribution in [0.15, 0.2) is 48.8 Å². The lowest BCUT2D eigenvalue weighted by molar-refractivity contribution is -0.116. The fourth-order valence-electron chi connectivity index (χ4n) is 3.64. The Balaban J connectivity index is 1.42. The molecule has 29 heavy (non-hydrogen) atoms. The summed E-state index contributed by atoms with van der Waals surface area (Å²) in [6.07, 6.45) is 10.4. The summed E-state index contributed by atoms with van der Waals surface area (Å²) in [5.74, 6) is 0.978. The number of aromatic nitrogens is 2. The summed E-state index contributed by atoms with van der Waals surface area (Å²) in [6.45, 7) is 5.23. The molecule has 1 aromatic carbocycles. The molecule has 7 heteroatoms. The number of nitrogens with zero attached hydrogens (tertiary/aromatic N) is 2. The average molecular weight is 412 g/mol. The number of carbonyl (C=O) groups is 1. The normalized spacial score (nSPS) is 21.7. The highest BCUT2D eigenvalue weighted by molar-refractivity contribution is 7.80. The molecule has 3 rings (SSSR count). The van der Waals surface area contributed by atoms with Gasteiger partial charge < -0.3 is 5.32 Å². The van der Waals surface area contributed by atoms with E-state index in [4.69, 9.17) is 12.2 Å². The van der Waals surface area contributed by atoms with Crippen molar-refractivity contribution in [3.63, 3.8) is 0 Å². The van der Waals surface area contributed by atoms with Crippen LogP contribution in [0, 0.1) is 11.8 Å². The van der Waals surface area contributed by atoms with Gasteiger partial charge in [-0.05, 0) is 42.1 Å². The Hall–Kier alpha value is -2.67. The first-order valence-corrected chi connectivity index (χ1v) is 10.5. The minimum absolute atomic E-state index is 0.268. The monoisotopic (exact) mass is 411 g/mol. The summed E-state index contributed by atoms with van der Waals surface area (Å²) in [6, 6.07) is 10.5. The van der Waals surface area contributed by atoms with Crippen LogP contribution in [0.5, 0.6) is 0 Å². The first kappa shape index (κ1) is 21.0. The van der Waals surface area contributed by atoms with Crippen LogP contribution in [-0.4, -0.2) is 26.8 Å². The van der Waals surface area contributed by atoms with Gasteiger partial charge in [-0.2, -0.15) is 5.10 Å². The summed E-state index contributed by atoms with van der Waals surface area (Å²) >= 11 is 5.31. The van der Waals surface area contributed by atoms with E-state index in [-0.39, 0.29) is 5.91 Å². The zero-order chi connectivity index (χ0) is 20.6. The van der Waals surface area contributed by atoms with Crippen LogP contribution >= 0.6 is 12.2 Å². The van der Waals surface area contributed by atoms with Crippen molar-refractivity contribution in [3.05, 3.63) is 59.9 Å². The Morgan fingerprint density at radius 2 is 2.03 bits per heavy atom. The second kappa shape index (κ2) is 10.2. The number of nitrogens with one attached hydrogen (secondary N) is 3. The molecule has 1 fully saturated rings. The van der Waals surface area contributed by atoms with Crippen LogP contribution in [0.2, 0.25) is 0 Å². The third-order valence-corrected chi connectivity index (χ3v) is 5.81. The number of hydrogen-bond acceptors (Lipinski definition) is 3. The first-order valence-electron chi connectivity index (χ1n) is 10.1. The molecule has 1 amide bonds. The van der Waals surface area contributed by atoms with Gasteiger partial charge in [0.05, 0.1) is 12.7 Å². The Morgan fingerprint density at radius 1 is 1.24 bits per heavy atom. The number of thiocarbonyl (C=S) groups is 1. The van der Waals surface area contributed by atoms with Gasteiger partial charge in [0.15, 0.2) is 5.11 Å². The molecule has 0 saturated heterocycles. The van der Waals surface area contributed by atoms with E-state index in [0.29, 0.717) is 29.5 Å². The molecule has 0 bridgehead atoms. The molecule has 0 aliphatic heterocycles. The van der Waals surface area contributed by atoms with Crippen LogP contribution in [-0.2, 0) is 11.3 Å². The van der Waals surface area contributed by atoms with E-state index in [9.17, 15) is 4.79 Å².